The number of benzene rings is 2. The Bertz CT molecular complexity index is 1060. The zero-order valence-electron chi connectivity index (χ0n) is 14.8. The minimum atomic E-state index is -4.88. The van der Waals surface area contributed by atoms with Gasteiger partial charge in [-0.05, 0) is 35.9 Å². The molecule has 0 N–H and O–H groups in total. The highest BCUT2D eigenvalue weighted by molar-refractivity contribution is 5.89. The Morgan fingerprint density at radius 3 is 1.83 bits per heavy atom. The average Bonchev–Trinajstić information content (AvgIpc) is 2.65. The number of alkyl halides is 6. The summed E-state index contributed by atoms with van der Waals surface area (Å²) in [6.07, 6.45) is -8.04. The van der Waals surface area contributed by atoms with E-state index >= 15 is 0 Å². The number of pyridine rings is 1. The normalized spacial score (nSPS) is 11.8. The molecule has 3 aromatic rings. The van der Waals surface area contributed by atoms with E-state index in [4.69, 9.17) is 0 Å². The number of ether oxygens (including phenoxy) is 2. The molecule has 0 fully saturated rings. The molecule has 0 unspecified atom stereocenters. The maximum Gasteiger partial charge on any atom is 0.573 e. The highest BCUT2D eigenvalue weighted by atomic mass is 19.4. The van der Waals surface area contributed by atoms with Crippen molar-refractivity contribution in [2.24, 2.45) is 0 Å². The zero-order valence-corrected chi connectivity index (χ0v) is 14.8. The largest absolute Gasteiger partial charge is 0.573 e. The quantitative estimate of drug-likeness (QED) is 0.369. The number of aromatic nitrogens is 1. The summed E-state index contributed by atoms with van der Waals surface area (Å²) in [5.74, 6) is -0.937. The summed E-state index contributed by atoms with van der Waals surface area (Å²) >= 11 is 0. The molecule has 0 aliphatic rings. The van der Waals surface area contributed by atoms with Gasteiger partial charge in [0.25, 0.3) is 0 Å². The second-order valence-electron chi connectivity index (χ2n) is 5.93. The summed E-state index contributed by atoms with van der Waals surface area (Å²) in [6.45, 7) is 0. The van der Waals surface area contributed by atoms with Crippen molar-refractivity contribution in [3.8, 4) is 33.9 Å². The lowest BCUT2D eigenvalue weighted by molar-refractivity contribution is -0.275. The monoisotopic (exact) mass is 427 g/mol. The van der Waals surface area contributed by atoms with Crippen molar-refractivity contribution in [2.45, 2.75) is 12.7 Å². The molecule has 1 aromatic heterocycles. The van der Waals surface area contributed by atoms with Crippen molar-refractivity contribution >= 4 is 6.29 Å². The van der Waals surface area contributed by atoms with Gasteiger partial charge in [-0.1, -0.05) is 24.3 Å². The van der Waals surface area contributed by atoms with Crippen LogP contribution in [0.4, 0.5) is 26.3 Å². The van der Waals surface area contributed by atoms with Gasteiger partial charge in [-0.2, -0.15) is 0 Å². The number of carbonyl (C=O) groups excluding carboxylic acids is 1. The van der Waals surface area contributed by atoms with E-state index in [-0.39, 0.29) is 27.9 Å². The van der Waals surface area contributed by atoms with Crippen LogP contribution in [0.2, 0.25) is 0 Å². The molecule has 3 rings (SSSR count). The third kappa shape index (κ3) is 5.49. The first kappa shape index (κ1) is 21.2. The van der Waals surface area contributed by atoms with Crippen LogP contribution in [0.15, 0.2) is 60.8 Å². The van der Waals surface area contributed by atoms with Crippen LogP contribution < -0.4 is 9.47 Å². The molecule has 156 valence electrons. The van der Waals surface area contributed by atoms with E-state index in [2.05, 4.69) is 14.5 Å². The zero-order chi connectivity index (χ0) is 21.9. The summed E-state index contributed by atoms with van der Waals surface area (Å²) < 4.78 is 82.2. The second-order valence-corrected chi connectivity index (χ2v) is 5.93. The highest BCUT2D eigenvalue weighted by Gasteiger charge is 2.32. The van der Waals surface area contributed by atoms with Crippen LogP contribution in [-0.2, 0) is 0 Å². The fourth-order valence-electron chi connectivity index (χ4n) is 2.68. The molecule has 10 heteroatoms. The summed E-state index contributed by atoms with van der Waals surface area (Å²) in [5, 5.41) is 0. The summed E-state index contributed by atoms with van der Waals surface area (Å²) in [7, 11) is 0. The second kappa shape index (κ2) is 8.05. The highest BCUT2D eigenvalue weighted by Crippen LogP contribution is 2.32. The van der Waals surface area contributed by atoms with Crippen LogP contribution in [0.3, 0.4) is 0 Å². The van der Waals surface area contributed by atoms with Gasteiger partial charge in [0.2, 0.25) is 0 Å². The Labute approximate surface area is 165 Å². The number of hydrogen-bond acceptors (Lipinski definition) is 4. The number of hydrogen-bond donors (Lipinski definition) is 0. The van der Waals surface area contributed by atoms with Gasteiger partial charge in [-0.25, -0.2) is 0 Å². The third-order valence-electron chi connectivity index (χ3n) is 3.80. The van der Waals surface area contributed by atoms with Crippen molar-refractivity contribution in [2.75, 3.05) is 0 Å². The number of nitrogens with zero attached hydrogens (tertiary/aromatic N) is 1. The third-order valence-corrected chi connectivity index (χ3v) is 3.80. The van der Waals surface area contributed by atoms with Crippen LogP contribution in [0.5, 0.6) is 11.5 Å². The van der Waals surface area contributed by atoms with Crippen molar-refractivity contribution in [3.63, 3.8) is 0 Å². The Morgan fingerprint density at radius 1 is 0.767 bits per heavy atom. The van der Waals surface area contributed by atoms with Gasteiger partial charge >= 0.3 is 12.7 Å². The van der Waals surface area contributed by atoms with E-state index in [9.17, 15) is 31.1 Å². The first-order valence-electron chi connectivity index (χ1n) is 8.22. The molecule has 0 bridgehead atoms. The van der Waals surface area contributed by atoms with Gasteiger partial charge in [0, 0.05) is 22.9 Å². The summed E-state index contributed by atoms with van der Waals surface area (Å²) in [6, 6.07) is 11.3. The first-order valence-corrected chi connectivity index (χ1v) is 8.22. The Hall–Kier alpha value is -3.56. The Morgan fingerprint density at radius 2 is 1.30 bits per heavy atom. The molecule has 0 amide bonds. The standard InChI is InChI=1S/C20H11F6NO3/c21-19(22,23)29-15-5-1-3-12(7-15)17-10-27-18(9-14(17)11-28)13-4-2-6-16(8-13)30-20(24,25)26/h1-11H. The molecule has 4 nitrogen and oxygen atoms in total. The lowest BCUT2D eigenvalue weighted by Crippen LogP contribution is -2.17. The van der Waals surface area contributed by atoms with Gasteiger partial charge < -0.3 is 9.47 Å². The maximum atomic E-state index is 12.4. The van der Waals surface area contributed by atoms with Gasteiger partial charge in [0.05, 0.1) is 5.69 Å². The van der Waals surface area contributed by atoms with Gasteiger partial charge in [0.1, 0.15) is 11.5 Å². The summed E-state index contributed by atoms with van der Waals surface area (Å²) in [5.41, 5.74) is 0.971. The van der Waals surface area contributed by atoms with E-state index in [0.717, 1.165) is 24.3 Å². The van der Waals surface area contributed by atoms with Crippen LogP contribution in [-0.4, -0.2) is 24.0 Å². The Kier molecular flexibility index (Phi) is 5.68. The minimum Gasteiger partial charge on any atom is -0.406 e. The van der Waals surface area contributed by atoms with Crippen LogP contribution in [0.1, 0.15) is 10.4 Å². The van der Waals surface area contributed by atoms with Crippen LogP contribution >= 0.6 is 0 Å². The molecular weight excluding hydrogens is 416 g/mol. The van der Waals surface area contributed by atoms with E-state index in [1.807, 2.05) is 0 Å². The molecule has 0 radical (unpaired) electrons. The molecule has 0 saturated heterocycles. The van der Waals surface area contributed by atoms with Crippen molar-refractivity contribution in [1.29, 1.82) is 0 Å². The lowest BCUT2D eigenvalue weighted by Gasteiger charge is -2.12. The van der Waals surface area contributed by atoms with Gasteiger partial charge in [-0.3, -0.25) is 9.78 Å². The molecule has 0 saturated carbocycles. The predicted octanol–water partition coefficient (Wildman–Crippen LogP) is 6.03. The number of carbonyl (C=O) groups is 1. The molecule has 0 aliphatic carbocycles. The van der Waals surface area contributed by atoms with Gasteiger partial charge in [0.15, 0.2) is 6.29 Å². The fourth-order valence-corrected chi connectivity index (χ4v) is 2.68. The van der Waals surface area contributed by atoms with Gasteiger partial charge in [-0.15, -0.1) is 26.3 Å². The number of aldehydes is 1. The van der Waals surface area contributed by atoms with Crippen LogP contribution in [0, 0.1) is 0 Å². The topological polar surface area (TPSA) is 48.4 Å². The smallest absolute Gasteiger partial charge is 0.406 e. The van der Waals surface area contributed by atoms with E-state index in [0.29, 0.717) is 6.29 Å². The average molecular weight is 427 g/mol. The van der Waals surface area contributed by atoms with E-state index < -0.39 is 24.2 Å². The van der Waals surface area contributed by atoms with Crippen LogP contribution in [0.25, 0.3) is 22.4 Å². The molecular formula is C20H11F6NO3. The molecule has 30 heavy (non-hydrogen) atoms. The first-order chi connectivity index (χ1) is 14.0. The molecule has 0 atom stereocenters. The van der Waals surface area contributed by atoms with E-state index in [1.165, 1.54) is 36.5 Å². The maximum absolute atomic E-state index is 12.4. The number of halogens is 6. The molecule has 0 aliphatic heterocycles. The molecule has 2 aromatic carbocycles. The SMILES string of the molecule is O=Cc1cc(-c2cccc(OC(F)(F)F)c2)ncc1-c1cccc(OC(F)(F)F)c1. The van der Waals surface area contributed by atoms with Crippen molar-refractivity contribution < 1.29 is 40.6 Å². The number of rotatable bonds is 5. The van der Waals surface area contributed by atoms with Crippen molar-refractivity contribution in [3.05, 3.63) is 66.4 Å². The summed E-state index contributed by atoms with van der Waals surface area (Å²) in [4.78, 5) is 15.7. The van der Waals surface area contributed by atoms with E-state index in [1.54, 1.807) is 0 Å². The molecule has 0 spiro atoms. The Balaban J connectivity index is 1.96. The molecule has 1 heterocycles. The lowest BCUT2D eigenvalue weighted by atomic mass is 10.00. The van der Waals surface area contributed by atoms with Crippen molar-refractivity contribution in [1.82, 2.24) is 4.98 Å². The minimum absolute atomic E-state index is 0.0753. The predicted molar refractivity (Wildman–Crippen MR) is 93.9 cm³/mol. The fraction of sp³-hybridized carbons (Fsp3) is 0.100.